The number of hydrogen-bond acceptors (Lipinski definition) is 16. The molecule has 58 heavy (non-hydrogen) atoms. The van der Waals surface area contributed by atoms with Crippen LogP contribution in [0.4, 0.5) is 0 Å². The average Bonchev–Trinajstić information content (AvgIpc) is 3.17. The number of nitriles is 1. The van der Waals surface area contributed by atoms with Crippen molar-refractivity contribution >= 4 is 17.8 Å². The van der Waals surface area contributed by atoms with Gasteiger partial charge in [-0.15, -0.1) is 20.2 Å². The van der Waals surface area contributed by atoms with Crippen LogP contribution in [0.1, 0.15) is 50.7 Å². The van der Waals surface area contributed by atoms with Crippen LogP contribution in [0.15, 0.2) is 36.4 Å². The second kappa shape index (κ2) is 23.2. The highest BCUT2D eigenvalue weighted by atomic mass is 17.0. The Morgan fingerprint density at radius 3 is 2.02 bits per heavy atom. The van der Waals surface area contributed by atoms with Gasteiger partial charge in [0.25, 0.3) is 10.2 Å². The molecule has 1 aliphatic carbocycles. The third-order valence-electron chi connectivity index (χ3n) is 9.56. The van der Waals surface area contributed by atoms with E-state index in [1.165, 1.54) is 14.2 Å². The molecule has 5 atom stereocenters. The summed E-state index contributed by atoms with van der Waals surface area (Å²) >= 11 is 0. The van der Waals surface area contributed by atoms with Crippen molar-refractivity contribution < 1.29 is 68.1 Å². The second-order valence-corrected chi connectivity index (χ2v) is 13.4. The largest absolute Gasteiger partial charge is 0.493 e. The van der Waals surface area contributed by atoms with Crippen LogP contribution < -0.4 is 24.3 Å². The molecule has 2 aromatic carbocycles. The standard InChI is InChI=1S/C35H49N5O12.C2H2O4/c1-23(2)35(22-36,25-19-29(47-5)33(49-7)30(20-25)48-6)16-10-17-38(3)18-15-24-11-8-9-12-26(24)50-28-14-13-27(51-39(42)43)32(34(28)52-40(44)45)37-31(41)21-46-4;3-1(4)2(5)6/h8-9,11-12,19-20,23,27-28,32,34H,10,13-18,21H2,1-7H3,(H,37,41);(H,3,4)(H,5,6). The van der Waals surface area contributed by atoms with Gasteiger partial charge in [0.15, 0.2) is 17.6 Å². The zero-order valence-electron chi connectivity index (χ0n) is 33.4. The predicted molar refractivity (Wildman–Crippen MR) is 202 cm³/mol. The minimum atomic E-state index is -1.82. The van der Waals surface area contributed by atoms with Gasteiger partial charge in [-0.2, -0.15) is 5.26 Å². The monoisotopic (exact) mass is 821 g/mol. The van der Waals surface area contributed by atoms with Crippen LogP contribution in [0.3, 0.4) is 0 Å². The highest BCUT2D eigenvalue weighted by Gasteiger charge is 2.46. The fraction of sp³-hybridized carbons (Fsp3) is 0.568. The van der Waals surface area contributed by atoms with Crippen molar-refractivity contribution in [1.29, 1.82) is 5.26 Å². The molecule has 21 heteroatoms. The summed E-state index contributed by atoms with van der Waals surface area (Å²) in [6.45, 7) is 4.97. The first-order chi connectivity index (χ1) is 27.5. The van der Waals surface area contributed by atoms with Gasteiger partial charge in [-0.25, -0.2) is 9.59 Å². The number of benzene rings is 2. The zero-order chi connectivity index (χ0) is 43.6. The Hall–Kier alpha value is -6.14. The Labute approximate surface area is 334 Å². The highest BCUT2D eigenvalue weighted by molar-refractivity contribution is 6.27. The van der Waals surface area contributed by atoms with E-state index in [0.717, 1.165) is 11.1 Å². The second-order valence-electron chi connectivity index (χ2n) is 13.4. The zero-order valence-corrected chi connectivity index (χ0v) is 33.4. The van der Waals surface area contributed by atoms with Gasteiger partial charge >= 0.3 is 11.9 Å². The van der Waals surface area contributed by atoms with E-state index in [0.29, 0.717) is 55.4 Å². The highest BCUT2D eigenvalue weighted by Crippen LogP contribution is 2.45. The Kier molecular flexibility index (Phi) is 19.2. The summed E-state index contributed by atoms with van der Waals surface area (Å²) in [5.41, 5.74) is 0.789. The molecule has 3 N–H and O–H groups in total. The van der Waals surface area contributed by atoms with E-state index in [4.69, 9.17) is 53.2 Å². The molecule has 0 bridgehead atoms. The molecule has 3 rings (SSSR count). The first kappa shape index (κ1) is 48.0. The molecule has 1 amide bonds. The van der Waals surface area contributed by atoms with E-state index in [1.54, 1.807) is 26.4 Å². The molecule has 2 aromatic rings. The van der Waals surface area contributed by atoms with Crippen LogP contribution in [0.5, 0.6) is 23.0 Å². The Morgan fingerprint density at radius 1 is 0.931 bits per heavy atom. The van der Waals surface area contributed by atoms with Gasteiger partial charge in [0.05, 0.1) is 38.9 Å². The number of carbonyl (C=O) groups is 3. The number of aliphatic carboxylic acids is 2. The Balaban J connectivity index is 0.00000179. The molecule has 1 saturated carbocycles. The van der Waals surface area contributed by atoms with Crippen molar-refractivity contribution in [2.45, 2.75) is 75.7 Å². The molecule has 1 fully saturated rings. The topological polar surface area (TPSA) is 282 Å². The van der Waals surface area contributed by atoms with Crippen molar-refractivity contribution in [3.8, 4) is 29.1 Å². The minimum Gasteiger partial charge on any atom is -0.493 e. The van der Waals surface area contributed by atoms with Gasteiger partial charge in [0.1, 0.15) is 24.6 Å². The van der Waals surface area contributed by atoms with Gasteiger partial charge in [-0.05, 0) is 80.9 Å². The third kappa shape index (κ3) is 13.5. The number of carboxylic acids is 2. The number of amides is 1. The fourth-order valence-electron chi connectivity index (χ4n) is 6.63. The van der Waals surface area contributed by atoms with Gasteiger partial charge in [0, 0.05) is 13.7 Å². The molecule has 0 aromatic heterocycles. The molecule has 0 spiro atoms. The molecular formula is C37H51N5O16. The summed E-state index contributed by atoms with van der Waals surface area (Å²) in [5, 5.41) is 48.6. The number of hydrogen-bond donors (Lipinski definition) is 3. The molecule has 0 aliphatic heterocycles. The lowest BCUT2D eigenvalue weighted by atomic mass is 9.69. The SMILES string of the molecule is COCC(=O)NC1C(O[N+](=O)[O-])CCC(Oc2ccccc2CCN(C)CCCC(C#N)(c2cc(OC)c(OC)c(OC)c2)C(C)C)C1O[N+](=O)[O-].O=C(O)C(=O)O. The van der Waals surface area contributed by atoms with Gasteiger partial charge < -0.3 is 53.8 Å². The summed E-state index contributed by atoms with van der Waals surface area (Å²) in [5.74, 6) is -2.45. The first-order valence-corrected chi connectivity index (χ1v) is 18.0. The molecular weight excluding hydrogens is 770 g/mol. The van der Waals surface area contributed by atoms with E-state index in [2.05, 4.69) is 16.3 Å². The van der Waals surface area contributed by atoms with Crippen molar-refractivity contribution in [1.82, 2.24) is 10.2 Å². The Bertz CT molecular complexity index is 1720. The number of likely N-dealkylation sites (N-methyl/N-ethyl adjacent to an activating group) is 1. The van der Waals surface area contributed by atoms with Crippen molar-refractivity contribution in [2.75, 3.05) is 55.2 Å². The lowest BCUT2D eigenvalue weighted by Gasteiger charge is -2.40. The third-order valence-corrected chi connectivity index (χ3v) is 9.56. The van der Waals surface area contributed by atoms with E-state index in [9.17, 15) is 30.3 Å². The molecule has 320 valence electrons. The molecule has 21 nitrogen and oxygen atoms in total. The molecule has 0 radical (unpaired) electrons. The Morgan fingerprint density at radius 2 is 1.52 bits per heavy atom. The van der Waals surface area contributed by atoms with Crippen LogP contribution in [0.25, 0.3) is 0 Å². The van der Waals surface area contributed by atoms with Crippen LogP contribution in [0, 0.1) is 37.5 Å². The van der Waals surface area contributed by atoms with Crippen molar-refractivity contribution in [3.63, 3.8) is 0 Å². The smallest absolute Gasteiger partial charge is 0.414 e. The van der Waals surface area contributed by atoms with E-state index in [1.807, 2.05) is 45.2 Å². The number of nitrogens with one attached hydrogen (secondary N) is 1. The number of methoxy groups -OCH3 is 4. The van der Waals surface area contributed by atoms with Crippen molar-refractivity contribution in [2.24, 2.45) is 5.92 Å². The summed E-state index contributed by atoms with van der Waals surface area (Å²) in [4.78, 5) is 65.2. The number of carbonyl (C=O) groups excluding carboxylic acids is 1. The van der Waals surface area contributed by atoms with E-state index < -0.39 is 57.8 Å². The maximum Gasteiger partial charge on any atom is 0.414 e. The maximum atomic E-state index is 12.4. The van der Waals surface area contributed by atoms with Crippen LogP contribution >= 0.6 is 0 Å². The quantitative estimate of drug-likeness (QED) is 0.0926. The maximum absolute atomic E-state index is 12.4. The molecule has 0 heterocycles. The van der Waals surface area contributed by atoms with Gasteiger partial charge in [-0.1, -0.05) is 32.0 Å². The van der Waals surface area contributed by atoms with E-state index >= 15 is 0 Å². The summed E-state index contributed by atoms with van der Waals surface area (Å²) < 4.78 is 27.8. The van der Waals surface area contributed by atoms with E-state index in [-0.39, 0.29) is 25.4 Å². The van der Waals surface area contributed by atoms with Crippen LogP contribution in [-0.4, -0.2) is 123 Å². The van der Waals surface area contributed by atoms with Crippen LogP contribution in [0.2, 0.25) is 0 Å². The summed E-state index contributed by atoms with van der Waals surface area (Å²) in [6, 6.07) is 12.2. The van der Waals surface area contributed by atoms with Crippen molar-refractivity contribution in [3.05, 3.63) is 67.8 Å². The number of nitrogens with zero attached hydrogens (tertiary/aromatic N) is 4. The molecule has 0 saturated heterocycles. The first-order valence-electron chi connectivity index (χ1n) is 18.0. The van der Waals surface area contributed by atoms with Gasteiger partial charge in [-0.3, -0.25) is 4.79 Å². The fourth-order valence-corrected chi connectivity index (χ4v) is 6.63. The number of rotatable bonds is 21. The summed E-state index contributed by atoms with van der Waals surface area (Å²) in [6.07, 6.45) is -1.57. The minimum absolute atomic E-state index is 0.0215. The average molecular weight is 822 g/mol. The molecule has 1 aliphatic rings. The van der Waals surface area contributed by atoms with Gasteiger partial charge in [0.2, 0.25) is 11.7 Å². The number of carboxylic acid groups (broad SMARTS) is 2. The summed E-state index contributed by atoms with van der Waals surface area (Å²) in [7, 11) is 7.89. The predicted octanol–water partition coefficient (Wildman–Crippen LogP) is 3.07. The van der Waals surface area contributed by atoms with Crippen LogP contribution in [-0.2, 0) is 40.6 Å². The number of para-hydroxylation sites is 1. The lowest BCUT2D eigenvalue weighted by Crippen LogP contribution is -2.62. The lowest BCUT2D eigenvalue weighted by molar-refractivity contribution is -0.783. The normalized spacial score (nSPS) is 18.3. The number of ether oxygens (including phenoxy) is 5. The molecule has 5 unspecified atom stereocenters.